The molecule has 2 aliphatic rings. The van der Waals surface area contributed by atoms with E-state index in [0.717, 1.165) is 18.2 Å². The molecule has 1 aliphatic heterocycles. The molecule has 0 unspecified atom stereocenters. The molecule has 0 saturated heterocycles. The van der Waals surface area contributed by atoms with E-state index >= 15 is 0 Å². The lowest BCUT2D eigenvalue weighted by atomic mass is 10.1. The van der Waals surface area contributed by atoms with Gasteiger partial charge in [0, 0.05) is 18.9 Å². The molecule has 3 rings (SSSR count). The van der Waals surface area contributed by atoms with Gasteiger partial charge >= 0.3 is 0 Å². The number of rotatable bonds is 1. The highest BCUT2D eigenvalue weighted by Gasteiger charge is 2.30. The molecule has 1 fully saturated rings. The van der Waals surface area contributed by atoms with Crippen LogP contribution in [0.1, 0.15) is 36.8 Å². The van der Waals surface area contributed by atoms with E-state index in [1.165, 1.54) is 12.8 Å². The number of hydrogen-bond donors (Lipinski definition) is 0. The van der Waals surface area contributed by atoms with Crippen LogP contribution in [0.15, 0.2) is 0 Å². The summed E-state index contributed by atoms with van der Waals surface area (Å²) in [6.45, 7) is 0.730. The Hall–Kier alpha value is -1.19. The Morgan fingerprint density at radius 3 is 3.00 bits per heavy atom. The van der Waals surface area contributed by atoms with E-state index in [1.807, 2.05) is 4.68 Å². The molecule has 1 aromatic heterocycles. The predicted octanol–water partition coefficient (Wildman–Crippen LogP) is 0.671. The minimum Gasteiger partial charge on any atom is -0.299 e. The van der Waals surface area contributed by atoms with Gasteiger partial charge in [-0.25, -0.2) is 9.67 Å². The SMILES string of the molecule is O=C1CCn2nc(C3CC3)nc2C1. The van der Waals surface area contributed by atoms with Crippen molar-refractivity contribution >= 4 is 5.78 Å². The normalized spacial score (nSPS) is 21.7. The summed E-state index contributed by atoms with van der Waals surface area (Å²) >= 11 is 0. The quantitative estimate of drug-likeness (QED) is 0.633. The van der Waals surface area contributed by atoms with Gasteiger partial charge in [0.05, 0.1) is 6.42 Å². The van der Waals surface area contributed by atoms with E-state index in [1.54, 1.807) is 0 Å². The molecule has 0 atom stereocenters. The number of Topliss-reactive ketones (excluding diaryl/α,β-unsaturated/α-hetero) is 1. The minimum atomic E-state index is 0.294. The summed E-state index contributed by atoms with van der Waals surface area (Å²) in [7, 11) is 0. The zero-order valence-corrected chi connectivity index (χ0v) is 7.36. The third-order valence-corrected chi connectivity index (χ3v) is 2.66. The van der Waals surface area contributed by atoms with Gasteiger partial charge in [-0.3, -0.25) is 4.79 Å². The molecule has 1 aromatic rings. The van der Waals surface area contributed by atoms with Crippen molar-refractivity contribution < 1.29 is 4.79 Å². The Morgan fingerprint density at radius 1 is 1.38 bits per heavy atom. The van der Waals surface area contributed by atoms with E-state index in [0.29, 0.717) is 24.5 Å². The number of hydrogen-bond acceptors (Lipinski definition) is 3. The molecule has 4 heteroatoms. The van der Waals surface area contributed by atoms with Gasteiger partial charge in [-0.2, -0.15) is 5.10 Å². The van der Waals surface area contributed by atoms with Crippen molar-refractivity contribution in [3.63, 3.8) is 0 Å². The molecule has 1 aliphatic carbocycles. The van der Waals surface area contributed by atoms with Gasteiger partial charge in [-0.05, 0) is 12.8 Å². The first-order valence-corrected chi connectivity index (χ1v) is 4.78. The first kappa shape index (κ1) is 7.24. The number of fused-ring (bicyclic) bond motifs is 1. The van der Waals surface area contributed by atoms with Gasteiger partial charge in [-0.15, -0.1) is 0 Å². The topological polar surface area (TPSA) is 47.8 Å². The maximum atomic E-state index is 11.1. The van der Waals surface area contributed by atoms with Gasteiger partial charge in [0.15, 0.2) is 5.82 Å². The third kappa shape index (κ3) is 1.17. The zero-order chi connectivity index (χ0) is 8.84. The molecule has 13 heavy (non-hydrogen) atoms. The average molecular weight is 177 g/mol. The third-order valence-electron chi connectivity index (χ3n) is 2.66. The van der Waals surface area contributed by atoms with Crippen molar-refractivity contribution in [1.29, 1.82) is 0 Å². The average Bonchev–Trinajstić information content (AvgIpc) is 2.87. The summed E-state index contributed by atoms with van der Waals surface area (Å²) < 4.78 is 1.90. The lowest BCUT2D eigenvalue weighted by Gasteiger charge is -2.09. The molecule has 0 bridgehead atoms. The fourth-order valence-electron chi connectivity index (χ4n) is 1.71. The Labute approximate surface area is 76.0 Å². The van der Waals surface area contributed by atoms with Gasteiger partial charge in [0.1, 0.15) is 11.6 Å². The highest BCUT2D eigenvalue weighted by molar-refractivity contribution is 5.80. The molecule has 0 spiro atoms. The zero-order valence-electron chi connectivity index (χ0n) is 7.36. The van der Waals surface area contributed by atoms with Crippen LogP contribution >= 0.6 is 0 Å². The van der Waals surface area contributed by atoms with E-state index in [4.69, 9.17) is 0 Å². The minimum absolute atomic E-state index is 0.294. The first-order chi connectivity index (χ1) is 6.33. The van der Waals surface area contributed by atoms with Crippen LogP contribution < -0.4 is 0 Å². The Balaban J connectivity index is 1.97. The lowest BCUT2D eigenvalue weighted by molar-refractivity contribution is -0.119. The molecule has 0 amide bonds. The van der Waals surface area contributed by atoms with Gasteiger partial charge < -0.3 is 0 Å². The van der Waals surface area contributed by atoms with Crippen LogP contribution in [0.4, 0.5) is 0 Å². The summed E-state index contributed by atoms with van der Waals surface area (Å²) in [5.74, 6) is 2.72. The van der Waals surface area contributed by atoms with Crippen LogP contribution in [-0.2, 0) is 17.8 Å². The summed E-state index contributed by atoms with van der Waals surface area (Å²) in [5.41, 5.74) is 0. The van der Waals surface area contributed by atoms with Crippen LogP contribution in [0.2, 0.25) is 0 Å². The number of nitrogens with zero attached hydrogens (tertiary/aromatic N) is 3. The summed E-state index contributed by atoms with van der Waals surface area (Å²) in [4.78, 5) is 15.5. The summed E-state index contributed by atoms with van der Waals surface area (Å²) in [5, 5.41) is 4.40. The number of carbonyl (C=O) groups excluding carboxylic acids is 1. The van der Waals surface area contributed by atoms with Crippen LogP contribution in [0, 0.1) is 0 Å². The summed E-state index contributed by atoms with van der Waals surface area (Å²) in [6.07, 6.45) is 3.55. The van der Waals surface area contributed by atoms with E-state index < -0.39 is 0 Å². The number of carbonyl (C=O) groups is 1. The fourth-order valence-corrected chi connectivity index (χ4v) is 1.71. The largest absolute Gasteiger partial charge is 0.299 e. The van der Waals surface area contributed by atoms with Crippen LogP contribution in [0.25, 0.3) is 0 Å². The molecule has 68 valence electrons. The monoisotopic (exact) mass is 177 g/mol. The molecule has 0 aromatic carbocycles. The van der Waals surface area contributed by atoms with Gasteiger partial charge in [0.25, 0.3) is 0 Å². The van der Waals surface area contributed by atoms with Crippen molar-refractivity contribution in [1.82, 2.24) is 14.8 Å². The molecule has 0 N–H and O–H groups in total. The molecule has 2 heterocycles. The molecular weight excluding hydrogens is 166 g/mol. The molecule has 4 nitrogen and oxygen atoms in total. The van der Waals surface area contributed by atoms with Gasteiger partial charge in [0.2, 0.25) is 0 Å². The van der Waals surface area contributed by atoms with E-state index in [-0.39, 0.29) is 0 Å². The molecule has 0 radical (unpaired) electrons. The maximum Gasteiger partial charge on any atom is 0.154 e. The Bertz CT molecular complexity index is 365. The molecule has 1 saturated carbocycles. The van der Waals surface area contributed by atoms with Crippen molar-refractivity contribution in [3.8, 4) is 0 Å². The molecular formula is C9H11N3O. The number of aromatic nitrogens is 3. The standard InChI is InChI=1S/C9H11N3O/c13-7-3-4-12-8(5-7)10-9(11-12)6-1-2-6/h6H,1-5H2. The fraction of sp³-hybridized carbons (Fsp3) is 0.667. The van der Waals surface area contributed by atoms with E-state index in [9.17, 15) is 4.79 Å². The maximum absolute atomic E-state index is 11.1. The highest BCUT2D eigenvalue weighted by Crippen LogP contribution is 2.38. The lowest BCUT2D eigenvalue weighted by Crippen LogP contribution is -2.19. The summed E-state index contributed by atoms with van der Waals surface area (Å²) in [6, 6.07) is 0. The Kier molecular flexibility index (Phi) is 1.34. The highest BCUT2D eigenvalue weighted by atomic mass is 16.1. The number of ketones is 1. The first-order valence-electron chi connectivity index (χ1n) is 4.78. The van der Waals surface area contributed by atoms with Crippen molar-refractivity contribution in [3.05, 3.63) is 11.6 Å². The van der Waals surface area contributed by atoms with Crippen LogP contribution in [0.3, 0.4) is 0 Å². The Morgan fingerprint density at radius 2 is 2.23 bits per heavy atom. The van der Waals surface area contributed by atoms with Crippen molar-refractivity contribution in [2.24, 2.45) is 0 Å². The predicted molar refractivity (Wildman–Crippen MR) is 45.3 cm³/mol. The number of aryl methyl sites for hydroxylation is 1. The van der Waals surface area contributed by atoms with Gasteiger partial charge in [-0.1, -0.05) is 0 Å². The van der Waals surface area contributed by atoms with E-state index in [2.05, 4.69) is 10.1 Å². The van der Waals surface area contributed by atoms with Crippen LogP contribution in [0.5, 0.6) is 0 Å². The van der Waals surface area contributed by atoms with Crippen LogP contribution in [-0.4, -0.2) is 20.5 Å². The second kappa shape index (κ2) is 2.40. The van der Waals surface area contributed by atoms with Crippen molar-refractivity contribution in [2.45, 2.75) is 38.1 Å². The van der Waals surface area contributed by atoms with Crippen molar-refractivity contribution in [2.75, 3.05) is 0 Å². The smallest absolute Gasteiger partial charge is 0.154 e. The second-order valence-corrected chi connectivity index (χ2v) is 3.85. The second-order valence-electron chi connectivity index (χ2n) is 3.85.